The zero-order valence-corrected chi connectivity index (χ0v) is 20.5. The molecule has 5 heteroatoms. The quantitative estimate of drug-likeness (QED) is 0.398. The predicted molar refractivity (Wildman–Crippen MR) is 121 cm³/mol. The molecule has 0 aliphatic heterocycles. The SMILES string of the molecule is CC(C)[Si](C(C)C)(C(C)C)n1ccc2c(C#C[Si](C)(C)C)c(Cl)cnc21. The lowest BCUT2D eigenvalue weighted by Crippen LogP contribution is -2.51. The molecular formula is C21H33ClN2Si2. The molecule has 0 N–H and O–H groups in total. The summed E-state index contributed by atoms with van der Waals surface area (Å²) in [6.07, 6.45) is 4.04. The fourth-order valence-electron chi connectivity index (χ4n) is 4.59. The monoisotopic (exact) mass is 404 g/mol. The Morgan fingerprint density at radius 1 is 1.00 bits per heavy atom. The second-order valence-electron chi connectivity index (χ2n) is 9.26. The molecule has 0 amide bonds. The van der Waals surface area contributed by atoms with Gasteiger partial charge in [0.15, 0.2) is 8.24 Å². The summed E-state index contributed by atoms with van der Waals surface area (Å²) in [5, 5.41) is 1.76. The highest BCUT2D eigenvalue weighted by Gasteiger charge is 2.46. The normalized spacial score (nSPS) is 13.0. The van der Waals surface area contributed by atoms with Crippen molar-refractivity contribution in [2.75, 3.05) is 0 Å². The summed E-state index contributed by atoms with van der Waals surface area (Å²) < 4.78 is 2.53. The summed E-state index contributed by atoms with van der Waals surface area (Å²) in [5.74, 6) is 3.39. The van der Waals surface area contributed by atoms with E-state index in [0.717, 1.165) is 16.6 Å². The highest BCUT2D eigenvalue weighted by atomic mass is 35.5. The third kappa shape index (κ3) is 3.67. The molecular weight excluding hydrogens is 372 g/mol. The molecule has 0 bridgehead atoms. The zero-order chi connectivity index (χ0) is 19.9. The van der Waals surface area contributed by atoms with Crippen LogP contribution in [0.2, 0.25) is 41.3 Å². The van der Waals surface area contributed by atoms with Crippen LogP contribution in [0.15, 0.2) is 18.5 Å². The molecule has 0 saturated carbocycles. The maximum atomic E-state index is 6.50. The van der Waals surface area contributed by atoms with Gasteiger partial charge in [-0.1, -0.05) is 78.7 Å². The van der Waals surface area contributed by atoms with Crippen LogP contribution in [0, 0.1) is 11.5 Å². The summed E-state index contributed by atoms with van der Waals surface area (Å²) in [7, 11) is -3.32. The van der Waals surface area contributed by atoms with Gasteiger partial charge in [0.2, 0.25) is 0 Å². The van der Waals surface area contributed by atoms with Gasteiger partial charge in [-0.3, -0.25) is 0 Å². The summed E-state index contributed by atoms with van der Waals surface area (Å²) in [4.78, 5) is 4.77. The minimum absolute atomic E-state index is 0.618. The van der Waals surface area contributed by atoms with Crippen LogP contribution in [-0.4, -0.2) is 25.5 Å². The van der Waals surface area contributed by atoms with Crippen molar-refractivity contribution >= 4 is 38.9 Å². The van der Waals surface area contributed by atoms with Gasteiger partial charge in [0, 0.05) is 11.6 Å². The van der Waals surface area contributed by atoms with Crippen LogP contribution < -0.4 is 0 Å². The van der Waals surface area contributed by atoms with Crippen molar-refractivity contribution in [1.82, 2.24) is 9.22 Å². The first-order chi connectivity index (χ1) is 11.9. The van der Waals surface area contributed by atoms with Crippen molar-refractivity contribution in [2.24, 2.45) is 0 Å². The summed E-state index contributed by atoms with van der Waals surface area (Å²) in [6.45, 7) is 21.0. The van der Waals surface area contributed by atoms with E-state index in [0.29, 0.717) is 21.6 Å². The molecule has 0 unspecified atom stereocenters. The molecule has 0 saturated heterocycles. The molecule has 0 fully saturated rings. The van der Waals surface area contributed by atoms with Crippen molar-refractivity contribution in [3.8, 4) is 11.5 Å². The van der Waals surface area contributed by atoms with Crippen molar-refractivity contribution in [3.05, 3.63) is 29.0 Å². The lowest BCUT2D eigenvalue weighted by atomic mass is 10.2. The highest BCUT2D eigenvalue weighted by Crippen LogP contribution is 2.44. The Hall–Kier alpha value is -1.03. The maximum Gasteiger partial charge on any atom is 0.171 e. The van der Waals surface area contributed by atoms with Gasteiger partial charge in [0.05, 0.1) is 10.6 Å². The topological polar surface area (TPSA) is 17.8 Å². The molecule has 0 aliphatic carbocycles. The number of hydrogen-bond acceptors (Lipinski definition) is 1. The standard InChI is InChI=1S/C21H33ClN2Si2/c1-15(2)26(16(3)4,17(5)6)24-12-10-19-18(11-13-25(7,8)9)20(22)14-23-21(19)24/h10,12,14-17H,1-9H3. The first-order valence-electron chi connectivity index (χ1n) is 9.62. The molecule has 2 heterocycles. The van der Waals surface area contributed by atoms with E-state index in [9.17, 15) is 0 Å². The average molecular weight is 405 g/mol. The molecule has 0 atom stereocenters. The lowest BCUT2D eigenvalue weighted by Gasteiger charge is -2.44. The predicted octanol–water partition coefficient (Wildman–Crippen LogP) is 6.94. The van der Waals surface area contributed by atoms with Gasteiger partial charge in [-0.15, -0.1) is 5.54 Å². The van der Waals surface area contributed by atoms with Crippen molar-refractivity contribution in [1.29, 1.82) is 0 Å². The van der Waals surface area contributed by atoms with Crippen LogP contribution in [-0.2, 0) is 0 Å². The number of hydrogen-bond donors (Lipinski definition) is 0. The van der Waals surface area contributed by atoms with E-state index in [1.807, 2.05) is 0 Å². The molecule has 2 rings (SSSR count). The van der Waals surface area contributed by atoms with Gasteiger partial charge in [-0.25, -0.2) is 4.98 Å². The second-order valence-corrected chi connectivity index (χ2v) is 20.1. The van der Waals surface area contributed by atoms with E-state index in [4.69, 9.17) is 16.6 Å². The number of halogens is 1. The van der Waals surface area contributed by atoms with Crippen LogP contribution in [0.4, 0.5) is 0 Å². The van der Waals surface area contributed by atoms with E-state index in [1.165, 1.54) is 0 Å². The van der Waals surface area contributed by atoms with Crippen LogP contribution in [0.1, 0.15) is 47.1 Å². The molecule has 0 aliphatic rings. The van der Waals surface area contributed by atoms with E-state index in [-0.39, 0.29) is 0 Å². The Morgan fingerprint density at radius 2 is 1.54 bits per heavy atom. The summed E-state index contributed by atoms with van der Waals surface area (Å²) in [5.41, 5.74) is 7.31. The first kappa shape index (κ1) is 21.3. The van der Waals surface area contributed by atoms with Crippen molar-refractivity contribution in [3.63, 3.8) is 0 Å². The van der Waals surface area contributed by atoms with E-state index in [1.54, 1.807) is 6.20 Å². The minimum atomic E-state index is -1.84. The fourth-order valence-corrected chi connectivity index (χ4v) is 11.8. The van der Waals surface area contributed by atoms with Gasteiger partial charge in [-0.05, 0) is 28.9 Å². The van der Waals surface area contributed by atoms with Crippen molar-refractivity contribution < 1.29 is 0 Å². The van der Waals surface area contributed by atoms with E-state index < -0.39 is 16.3 Å². The van der Waals surface area contributed by atoms with Gasteiger partial charge >= 0.3 is 0 Å². The van der Waals surface area contributed by atoms with Gasteiger partial charge in [0.1, 0.15) is 13.7 Å². The van der Waals surface area contributed by atoms with E-state index in [2.05, 4.69) is 89.1 Å². The number of nitrogens with zero attached hydrogens (tertiary/aromatic N) is 2. The Kier molecular flexibility index (Phi) is 6.17. The molecule has 0 aromatic carbocycles. The largest absolute Gasteiger partial charge is 0.359 e. The zero-order valence-electron chi connectivity index (χ0n) is 17.7. The second kappa shape index (κ2) is 7.54. The Morgan fingerprint density at radius 3 is 2.00 bits per heavy atom. The average Bonchev–Trinajstić information content (AvgIpc) is 2.89. The van der Waals surface area contributed by atoms with Crippen molar-refractivity contribution in [2.45, 2.75) is 77.8 Å². The number of pyridine rings is 1. The Labute approximate surface area is 166 Å². The van der Waals surface area contributed by atoms with Crippen LogP contribution in [0.3, 0.4) is 0 Å². The summed E-state index contributed by atoms with van der Waals surface area (Å²) in [6, 6.07) is 2.18. The molecule has 142 valence electrons. The third-order valence-electron chi connectivity index (χ3n) is 5.42. The molecule has 0 spiro atoms. The molecule has 0 radical (unpaired) electrons. The first-order valence-corrected chi connectivity index (χ1v) is 15.7. The molecule has 2 aromatic heterocycles. The smallest absolute Gasteiger partial charge is 0.171 e. The third-order valence-corrected chi connectivity index (χ3v) is 13.3. The Balaban J connectivity index is 2.81. The van der Waals surface area contributed by atoms with Crippen LogP contribution in [0.5, 0.6) is 0 Å². The highest BCUT2D eigenvalue weighted by molar-refractivity contribution is 6.84. The summed E-state index contributed by atoms with van der Waals surface area (Å²) >= 11 is 6.50. The molecule has 2 nitrogen and oxygen atoms in total. The number of rotatable bonds is 4. The fraction of sp³-hybridized carbons (Fsp3) is 0.571. The van der Waals surface area contributed by atoms with Gasteiger partial charge in [0.25, 0.3) is 0 Å². The van der Waals surface area contributed by atoms with Gasteiger partial charge < -0.3 is 4.23 Å². The molecule has 2 aromatic rings. The minimum Gasteiger partial charge on any atom is -0.359 e. The van der Waals surface area contributed by atoms with Crippen LogP contribution in [0.25, 0.3) is 11.0 Å². The Bertz CT molecular complexity index is 827. The maximum absolute atomic E-state index is 6.50. The van der Waals surface area contributed by atoms with Gasteiger partial charge in [-0.2, -0.15) is 0 Å². The lowest BCUT2D eigenvalue weighted by molar-refractivity contribution is 0.770. The molecule has 26 heavy (non-hydrogen) atoms. The number of aromatic nitrogens is 2. The van der Waals surface area contributed by atoms with E-state index >= 15 is 0 Å². The van der Waals surface area contributed by atoms with Crippen LogP contribution >= 0.6 is 11.6 Å². The number of fused-ring (bicyclic) bond motifs is 1.